The maximum Gasteiger partial charge on any atom is 0.246 e. The predicted molar refractivity (Wildman–Crippen MR) is 121 cm³/mol. The number of hydrogen-bond donors (Lipinski definition) is 1. The molecule has 1 saturated carbocycles. The van der Waals surface area contributed by atoms with Crippen LogP contribution in [0.1, 0.15) is 36.8 Å². The second-order valence-electron chi connectivity index (χ2n) is 8.59. The largest absolute Gasteiger partial charge is 0.495 e. The van der Waals surface area contributed by atoms with Crippen molar-refractivity contribution in [3.05, 3.63) is 53.6 Å². The molecule has 2 aromatic rings. The average Bonchev–Trinajstić information content (AvgIpc) is 3.61. The molecule has 1 heterocycles. The normalized spacial score (nSPS) is 18.5. The molecular formula is C24H27N3O4S. The molecule has 0 spiro atoms. The summed E-state index contributed by atoms with van der Waals surface area (Å²) in [6.07, 6.45) is 2.67. The maximum atomic E-state index is 13.2. The number of nitriles is 1. The number of piperidine rings is 1. The lowest BCUT2D eigenvalue weighted by atomic mass is 9.96. The number of nitrogens with zero attached hydrogens (tertiary/aromatic N) is 2. The summed E-state index contributed by atoms with van der Waals surface area (Å²) < 4.78 is 33.0. The van der Waals surface area contributed by atoms with Crippen LogP contribution in [0.5, 0.6) is 5.75 Å². The molecule has 2 aliphatic rings. The Hall–Kier alpha value is -2.89. The van der Waals surface area contributed by atoms with E-state index in [1.165, 1.54) is 11.4 Å². The van der Waals surface area contributed by atoms with Gasteiger partial charge in [-0.15, -0.1) is 0 Å². The minimum absolute atomic E-state index is 0.107. The number of ether oxygens (including phenoxy) is 1. The van der Waals surface area contributed by atoms with Crippen LogP contribution in [0.25, 0.3) is 0 Å². The van der Waals surface area contributed by atoms with Crippen LogP contribution in [-0.4, -0.2) is 38.8 Å². The molecule has 0 bridgehead atoms. The number of nitrogens with one attached hydrogen (secondary N) is 1. The summed E-state index contributed by atoms with van der Waals surface area (Å²) in [5, 5.41) is 12.2. The van der Waals surface area contributed by atoms with Gasteiger partial charge in [0.05, 0.1) is 18.6 Å². The van der Waals surface area contributed by atoms with Crippen molar-refractivity contribution in [2.75, 3.05) is 25.5 Å². The summed E-state index contributed by atoms with van der Waals surface area (Å²) in [4.78, 5) is 12.9. The van der Waals surface area contributed by atoms with Crippen molar-refractivity contribution in [3.63, 3.8) is 0 Å². The van der Waals surface area contributed by atoms with Crippen LogP contribution in [0.15, 0.2) is 47.4 Å². The first kappa shape index (κ1) is 22.3. The highest BCUT2D eigenvalue weighted by Crippen LogP contribution is 2.47. The van der Waals surface area contributed by atoms with Crippen molar-refractivity contribution >= 4 is 21.6 Å². The van der Waals surface area contributed by atoms with Crippen LogP contribution in [0.2, 0.25) is 0 Å². The van der Waals surface area contributed by atoms with Gasteiger partial charge in [0, 0.05) is 24.7 Å². The Balaban J connectivity index is 1.38. The standard InChI is InChI=1S/C24H27N3O4S/c1-17-3-8-21(31-2)22(15-17)32(29,30)27-13-9-18(10-14-27)23(28)26-20-6-4-19(5-7-20)24(16-25)11-12-24/h3-8,15,18H,9-14H2,1-2H3,(H,26,28). The quantitative estimate of drug-likeness (QED) is 0.720. The second kappa shape index (κ2) is 8.57. The second-order valence-corrected chi connectivity index (χ2v) is 10.5. The summed E-state index contributed by atoms with van der Waals surface area (Å²) in [6.45, 7) is 2.40. The Morgan fingerprint density at radius 3 is 2.38 bits per heavy atom. The van der Waals surface area contributed by atoms with E-state index < -0.39 is 10.0 Å². The Kier molecular flexibility index (Phi) is 5.97. The van der Waals surface area contributed by atoms with Crippen molar-refractivity contribution < 1.29 is 17.9 Å². The number of benzene rings is 2. The Morgan fingerprint density at radius 2 is 1.81 bits per heavy atom. The molecule has 1 aliphatic heterocycles. The third-order valence-electron chi connectivity index (χ3n) is 6.43. The van der Waals surface area contributed by atoms with Gasteiger partial charge in [-0.3, -0.25) is 4.79 Å². The number of rotatable bonds is 6. The van der Waals surface area contributed by atoms with Gasteiger partial charge in [-0.25, -0.2) is 8.42 Å². The highest BCUT2D eigenvalue weighted by molar-refractivity contribution is 7.89. The minimum Gasteiger partial charge on any atom is -0.495 e. The summed E-state index contributed by atoms with van der Waals surface area (Å²) in [5.41, 5.74) is 2.17. The van der Waals surface area contributed by atoms with E-state index in [4.69, 9.17) is 4.74 Å². The van der Waals surface area contributed by atoms with Gasteiger partial charge >= 0.3 is 0 Å². The first-order valence-corrected chi connectivity index (χ1v) is 12.2. The van der Waals surface area contributed by atoms with Crippen molar-refractivity contribution in [1.29, 1.82) is 5.26 Å². The van der Waals surface area contributed by atoms with Gasteiger partial charge in [0.1, 0.15) is 10.6 Å². The monoisotopic (exact) mass is 453 g/mol. The lowest BCUT2D eigenvalue weighted by Crippen LogP contribution is -2.41. The van der Waals surface area contributed by atoms with Crippen LogP contribution >= 0.6 is 0 Å². The van der Waals surface area contributed by atoms with Crippen LogP contribution in [0.3, 0.4) is 0 Å². The molecule has 0 unspecified atom stereocenters. The smallest absolute Gasteiger partial charge is 0.246 e. The van der Waals surface area contributed by atoms with E-state index in [0.717, 1.165) is 24.0 Å². The highest BCUT2D eigenvalue weighted by Gasteiger charge is 2.44. The van der Waals surface area contributed by atoms with E-state index in [1.807, 2.05) is 37.3 Å². The Morgan fingerprint density at radius 1 is 1.16 bits per heavy atom. The molecule has 0 radical (unpaired) electrons. The van der Waals surface area contributed by atoms with Crippen LogP contribution < -0.4 is 10.1 Å². The fourth-order valence-electron chi connectivity index (χ4n) is 4.19. The number of anilines is 1. The number of methoxy groups -OCH3 is 1. The molecule has 0 atom stereocenters. The summed E-state index contributed by atoms with van der Waals surface area (Å²) in [7, 11) is -2.24. The summed E-state index contributed by atoms with van der Waals surface area (Å²) >= 11 is 0. The Labute approximate surface area is 189 Å². The van der Waals surface area contributed by atoms with E-state index in [0.29, 0.717) is 24.3 Å². The van der Waals surface area contributed by atoms with E-state index >= 15 is 0 Å². The van der Waals surface area contributed by atoms with Gasteiger partial charge in [-0.1, -0.05) is 18.2 Å². The van der Waals surface area contributed by atoms with Crippen molar-refractivity contribution in [3.8, 4) is 11.8 Å². The predicted octanol–water partition coefficient (Wildman–Crippen LogP) is 3.60. The van der Waals surface area contributed by atoms with Crippen molar-refractivity contribution in [2.45, 2.75) is 42.9 Å². The molecule has 1 amide bonds. The first-order chi connectivity index (χ1) is 15.3. The van der Waals surface area contributed by atoms with Crippen molar-refractivity contribution in [1.82, 2.24) is 4.31 Å². The van der Waals surface area contributed by atoms with Crippen LogP contribution in [0.4, 0.5) is 5.69 Å². The van der Waals surface area contributed by atoms with Gasteiger partial charge in [-0.05, 0) is 68.0 Å². The third kappa shape index (κ3) is 4.23. The number of carbonyl (C=O) groups is 1. The number of carbonyl (C=O) groups excluding carboxylic acids is 1. The number of amides is 1. The summed E-state index contributed by atoms with van der Waals surface area (Å²) in [5.74, 6) is -0.0398. The molecule has 1 aliphatic carbocycles. The number of sulfonamides is 1. The molecule has 1 N–H and O–H groups in total. The molecule has 168 valence electrons. The fourth-order valence-corrected chi connectivity index (χ4v) is 5.90. The SMILES string of the molecule is COc1ccc(C)cc1S(=O)(=O)N1CCC(C(=O)Nc2ccc(C3(C#N)CC3)cc2)CC1. The first-order valence-electron chi connectivity index (χ1n) is 10.8. The van der Waals surface area contributed by atoms with Crippen LogP contribution in [0, 0.1) is 24.2 Å². The molecular weight excluding hydrogens is 426 g/mol. The van der Waals surface area contributed by atoms with Gasteiger partial charge in [-0.2, -0.15) is 9.57 Å². The van der Waals surface area contributed by atoms with E-state index in [1.54, 1.807) is 12.1 Å². The van der Waals surface area contributed by atoms with E-state index in [2.05, 4.69) is 11.4 Å². The van der Waals surface area contributed by atoms with E-state index in [9.17, 15) is 18.5 Å². The van der Waals surface area contributed by atoms with E-state index in [-0.39, 0.29) is 35.2 Å². The summed E-state index contributed by atoms with van der Waals surface area (Å²) in [6, 6.07) is 14.9. The van der Waals surface area contributed by atoms with Gasteiger partial charge < -0.3 is 10.1 Å². The molecule has 8 heteroatoms. The number of hydrogen-bond acceptors (Lipinski definition) is 5. The average molecular weight is 454 g/mol. The van der Waals surface area contributed by atoms with Gasteiger partial charge in [0.2, 0.25) is 15.9 Å². The topological polar surface area (TPSA) is 99.5 Å². The zero-order chi connectivity index (χ0) is 22.9. The lowest BCUT2D eigenvalue weighted by molar-refractivity contribution is -0.120. The molecule has 4 rings (SSSR count). The minimum atomic E-state index is -3.70. The molecule has 1 saturated heterocycles. The Bertz CT molecular complexity index is 1160. The highest BCUT2D eigenvalue weighted by atomic mass is 32.2. The maximum absolute atomic E-state index is 13.2. The molecule has 2 fully saturated rings. The van der Waals surface area contributed by atoms with Crippen LogP contribution in [-0.2, 0) is 20.2 Å². The van der Waals surface area contributed by atoms with Gasteiger partial charge in [0.15, 0.2) is 0 Å². The van der Waals surface area contributed by atoms with Crippen molar-refractivity contribution in [2.24, 2.45) is 5.92 Å². The zero-order valence-electron chi connectivity index (χ0n) is 18.3. The van der Waals surface area contributed by atoms with Gasteiger partial charge in [0.25, 0.3) is 0 Å². The molecule has 0 aromatic heterocycles. The lowest BCUT2D eigenvalue weighted by Gasteiger charge is -2.31. The molecule has 32 heavy (non-hydrogen) atoms. The third-order valence-corrected chi connectivity index (χ3v) is 8.35. The molecule has 7 nitrogen and oxygen atoms in total. The molecule has 2 aromatic carbocycles. The fraction of sp³-hybridized carbons (Fsp3) is 0.417. The number of aryl methyl sites for hydroxylation is 1. The zero-order valence-corrected chi connectivity index (χ0v) is 19.1.